The molecular formula is C22H27N3O2. The Kier molecular flexibility index (Phi) is 5.19. The van der Waals surface area contributed by atoms with Gasteiger partial charge in [0.1, 0.15) is 5.75 Å². The third-order valence-corrected chi connectivity index (χ3v) is 5.59. The number of anilines is 2. The Morgan fingerprint density at radius 1 is 0.741 bits per heavy atom. The van der Waals surface area contributed by atoms with Gasteiger partial charge >= 0.3 is 0 Å². The molecule has 2 aromatic carbocycles. The lowest BCUT2D eigenvalue weighted by Crippen LogP contribution is -2.48. The minimum absolute atomic E-state index is 0.0988. The van der Waals surface area contributed by atoms with Crippen molar-refractivity contribution in [1.82, 2.24) is 4.90 Å². The van der Waals surface area contributed by atoms with Crippen molar-refractivity contribution in [1.29, 1.82) is 0 Å². The van der Waals surface area contributed by atoms with Crippen LogP contribution < -0.4 is 14.5 Å². The number of hydrogen-bond acceptors (Lipinski definition) is 4. The van der Waals surface area contributed by atoms with Crippen LogP contribution in [0.4, 0.5) is 11.4 Å². The second-order valence-electron chi connectivity index (χ2n) is 7.22. The van der Waals surface area contributed by atoms with E-state index < -0.39 is 0 Å². The number of ether oxygens (including phenoxy) is 1. The molecule has 5 nitrogen and oxygen atoms in total. The standard InChI is InChI=1S/C22H27N3O2/c1-27-21-10-4-18(5-11-21)22(26)25-16-14-24(15-17-25)20-8-6-19(7-9-20)23-12-2-3-13-23/h4-11H,2-3,12-17H2,1H3. The largest absolute Gasteiger partial charge is 0.497 e. The van der Waals surface area contributed by atoms with Crippen LogP contribution in [0.25, 0.3) is 0 Å². The van der Waals surface area contributed by atoms with Gasteiger partial charge in [-0.25, -0.2) is 0 Å². The van der Waals surface area contributed by atoms with Gasteiger partial charge in [-0.05, 0) is 61.4 Å². The molecule has 0 radical (unpaired) electrons. The van der Waals surface area contributed by atoms with Gasteiger partial charge in [0.15, 0.2) is 0 Å². The first-order valence-electron chi connectivity index (χ1n) is 9.78. The van der Waals surface area contributed by atoms with E-state index in [1.807, 2.05) is 29.2 Å². The van der Waals surface area contributed by atoms with E-state index in [1.165, 1.54) is 37.3 Å². The maximum atomic E-state index is 12.7. The summed E-state index contributed by atoms with van der Waals surface area (Å²) >= 11 is 0. The molecule has 1 amide bonds. The van der Waals surface area contributed by atoms with Gasteiger partial charge in [-0.1, -0.05) is 0 Å². The summed E-state index contributed by atoms with van der Waals surface area (Å²) in [7, 11) is 1.63. The Balaban J connectivity index is 1.34. The smallest absolute Gasteiger partial charge is 0.253 e. The molecule has 0 aromatic heterocycles. The van der Waals surface area contributed by atoms with E-state index >= 15 is 0 Å². The van der Waals surface area contributed by atoms with Crippen molar-refractivity contribution in [3.63, 3.8) is 0 Å². The molecule has 0 aliphatic carbocycles. The van der Waals surface area contributed by atoms with E-state index in [-0.39, 0.29) is 5.91 Å². The van der Waals surface area contributed by atoms with Gasteiger partial charge in [0.05, 0.1) is 7.11 Å². The lowest BCUT2D eigenvalue weighted by molar-refractivity contribution is 0.0747. The zero-order valence-corrected chi connectivity index (χ0v) is 15.9. The first kappa shape index (κ1) is 17.7. The molecule has 0 atom stereocenters. The van der Waals surface area contributed by atoms with Crippen LogP contribution in [0.1, 0.15) is 23.2 Å². The third kappa shape index (κ3) is 3.87. The van der Waals surface area contributed by atoms with E-state index in [0.29, 0.717) is 0 Å². The maximum Gasteiger partial charge on any atom is 0.253 e. The predicted molar refractivity (Wildman–Crippen MR) is 109 cm³/mol. The monoisotopic (exact) mass is 365 g/mol. The molecule has 2 aliphatic rings. The highest BCUT2D eigenvalue weighted by Gasteiger charge is 2.22. The van der Waals surface area contributed by atoms with Gasteiger partial charge in [-0.3, -0.25) is 4.79 Å². The fourth-order valence-electron chi connectivity index (χ4n) is 3.93. The molecule has 0 bridgehead atoms. The summed E-state index contributed by atoms with van der Waals surface area (Å²) in [6.07, 6.45) is 2.60. The Morgan fingerprint density at radius 2 is 1.26 bits per heavy atom. The molecule has 4 rings (SSSR count). The number of piperazine rings is 1. The lowest BCUT2D eigenvalue weighted by Gasteiger charge is -2.36. The summed E-state index contributed by atoms with van der Waals surface area (Å²) in [6.45, 7) is 5.57. The maximum absolute atomic E-state index is 12.7. The van der Waals surface area contributed by atoms with Gasteiger partial charge in [-0.2, -0.15) is 0 Å². The van der Waals surface area contributed by atoms with Crippen LogP contribution in [-0.2, 0) is 0 Å². The molecule has 5 heteroatoms. The van der Waals surface area contributed by atoms with Gasteiger partial charge in [0.2, 0.25) is 0 Å². The van der Waals surface area contributed by atoms with Crippen LogP contribution in [0.2, 0.25) is 0 Å². The van der Waals surface area contributed by atoms with Crippen molar-refractivity contribution < 1.29 is 9.53 Å². The molecule has 142 valence electrons. The molecule has 0 N–H and O–H groups in total. The Morgan fingerprint density at radius 3 is 1.78 bits per heavy atom. The topological polar surface area (TPSA) is 36.0 Å². The van der Waals surface area contributed by atoms with E-state index in [2.05, 4.69) is 34.1 Å². The molecule has 2 aliphatic heterocycles. The Bertz CT molecular complexity index is 759. The second kappa shape index (κ2) is 7.91. The van der Waals surface area contributed by atoms with Gasteiger partial charge in [0.25, 0.3) is 5.91 Å². The number of hydrogen-bond donors (Lipinski definition) is 0. The van der Waals surface area contributed by atoms with Crippen LogP contribution in [-0.4, -0.2) is 57.2 Å². The summed E-state index contributed by atoms with van der Waals surface area (Å²) in [5.41, 5.74) is 3.29. The van der Waals surface area contributed by atoms with Crippen molar-refractivity contribution in [3.8, 4) is 5.75 Å². The van der Waals surface area contributed by atoms with Crippen LogP contribution in [0.15, 0.2) is 48.5 Å². The first-order chi connectivity index (χ1) is 13.2. The fraction of sp³-hybridized carbons (Fsp3) is 0.409. The summed E-state index contributed by atoms with van der Waals surface area (Å²) in [4.78, 5) is 19.5. The van der Waals surface area contributed by atoms with Crippen LogP contribution >= 0.6 is 0 Å². The van der Waals surface area contributed by atoms with Gasteiger partial charge < -0.3 is 19.4 Å². The second-order valence-corrected chi connectivity index (χ2v) is 7.22. The number of carbonyl (C=O) groups is 1. The Labute approximate surface area is 161 Å². The zero-order valence-electron chi connectivity index (χ0n) is 15.9. The quantitative estimate of drug-likeness (QED) is 0.833. The number of carbonyl (C=O) groups excluding carboxylic acids is 1. The van der Waals surface area contributed by atoms with Crippen molar-refractivity contribution >= 4 is 17.3 Å². The molecule has 27 heavy (non-hydrogen) atoms. The van der Waals surface area contributed by atoms with Crippen molar-refractivity contribution in [2.75, 3.05) is 56.2 Å². The van der Waals surface area contributed by atoms with Crippen LogP contribution in [0.5, 0.6) is 5.75 Å². The molecule has 2 aromatic rings. The summed E-state index contributed by atoms with van der Waals surface area (Å²) in [6, 6.07) is 16.3. The molecule has 2 fully saturated rings. The lowest BCUT2D eigenvalue weighted by atomic mass is 10.1. The summed E-state index contributed by atoms with van der Waals surface area (Å²) in [5, 5.41) is 0. The van der Waals surface area contributed by atoms with Crippen LogP contribution in [0, 0.1) is 0 Å². The summed E-state index contributed by atoms with van der Waals surface area (Å²) in [5.74, 6) is 0.871. The van der Waals surface area contributed by atoms with E-state index in [4.69, 9.17) is 4.74 Å². The van der Waals surface area contributed by atoms with Crippen LogP contribution in [0.3, 0.4) is 0 Å². The third-order valence-electron chi connectivity index (χ3n) is 5.59. The number of amides is 1. The van der Waals surface area contributed by atoms with Crippen molar-refractivity contribution in [2.24, 2.45) is 0 Å². The van der Waals surface area contributed by atoms with Crippen molar-refractivity contribution in [2.45, 2.75) is 12.8 Å². The average molecular weight is 365 g/mol. The zero-order chi connectivity index (χ0) is 18.6. The summed E-state index contributed by atoms with van der Waals surface area (Å²) < 4.78 is 5.16. The highest BCUT2D eigenvalue weighted by Crippen LogP contribution is 2.25. The predicted octanol–water partition coefficient (Wildman–Crippen LogP) is 3.26. The van der Waals surface area contributed by atoms with E-state index in [9.17, 15) is 4.79 Å². The molecule has 2 heterocycles. The highest BCUT2D eigenvalue weighted by atomic mass is 16.5. The number of nitrogens with zero attached hydrogens (tertiary/aromatic N) is 3. The molecule has 0 spiro atoms. The molecule has 0 unspecified atom stereocenters. The molecule has 2 saturated heterocycles. The minimum atomic E-state index is 0.0988. The minimum Gasteiger partial charge on any atom is -0.497 e. The number of rotatable bonds is 4. The number of benzene rings is 2. The Hall–Kier alpha value is -2.69. The van der Waals surface area contributed by atoms with Gasteiger partial charge in [0, 0.05) is 56.2 Å². The molecule has 0 saturated carbocycles. The SMILES string of the molecule is COc1ccc(C(=O)N2CCN(c3ccc(N4CCCC4)cc3)CC2)cc1. The van der Waals surface area contributed by atoms with E-state index in [1.54, 1.807) is 7.11 Å². The number of methoxy groups -OCH3 is 1. The van der Waals surface area contributed by atoms with E-state index in [0.717, 1.165) is 37.5 Å². The average Bonchev–Trinajstić information content (AvgIpc) is 3.28. The molecular weight excluding hydrogens is 338 g/mol. The first-order valence-corrected chi connectivity index (χ1v) is 9.78. The van der Waals surface area contributed by atoms with Crippen molar-refractivity contribution in [3.05, 3.63) is 54.1 Å². The fourth-order valence-corrected chi connectivity index (χ4v) is 3.93. The van der Waals surface area contributed by atoms with Gasteiger partial charge in [-0.15, -0.1) is 0 Å². The normalized spacial score (nSPS) is 17.3. The highest BCUT2D eigenvalue weighted by molar-refractivity contribution is 5.94.